The van der Waals surface area contributed by atoms with Crippen LogP contribution in [0, 0.1) is 5.82 Å². The summed E-state index contributed by atoms with van der Waals surface area (Å²) in [6, 6.07) is 8.03. The van der Waals surface area contributed by atoms with Crippen LogP contribution in [0.3, 0.4) is 0 Å². The van der Waals surface area contributed by atoms with Crippen LogP contribution < -0.4 is 15.8 Å². The maximum absolute atomic E-state index is 13.7. The third-order valence-corrected chi connectivity index (χ3v) is 5.97. The summed E-state index contributed by atoms with van der Waals surface area (Å²) in [6.07, 6.45) is -0.344. The Morgan fingerprint density at radius 3 is 2.73 bits per heavy atom. The number of piperazine rings is 1. The first-order valence-corrected chi connectivity index (χ1v) is 10.9. The van der Waals surface area contributed by atoms with E-state index in [1.807, 2.05) is 11.4 Å². The standard InChI is InChI=1S/C22H24FN3O3S/c1-14(2)29-22(28)18-19(25-9-7-24-8-10-25)20-17(6-11-30-20)26(21(18)27)13-15-4-3-5-16(23)12-15/h3-6,11-12,14,24H,7-10,13H2,1-2H3. The zero-order chi connectivity index (χ0) is 21.3. The molecule has 1 aliphatic heterocycles. The smallest absolute Gasteiger partial charge is 0.346 e. The van der Waals surface area contributed by atoms with Gasteiger partial charge in [-0.2, -0.15) is 0 Å². The second-order valence-electron chi connectivity index (χ2n) is 7.57. The molecule has 8 heteroatoms. The highest BCUT2D eigenvalue weighted by molar-refractivity contribution is 7.17. The van der Waals surface area contributed by atoms with Gasteiger partial charge in [0.25, 0.3) is 5.56 Å². The van der Waals surface area contributed by atoms with Gasteiger partial charge in [0, 0.05) is 26.2 Å². The molecule has 3 aromatic rings. The highest BCUT2D eigenvalue weighted by Gasteiger charge is 2.29. The van der Waals surface area contributed by atoms with Crippen LogP contribution in [0.4, 0.5) is 10.1 Å². The molecule has 4 rings (SSSR count). The summed E-state index contributed by atoms with van der Waals surface area (Å²) in [5.41, 5.74) is 1.68. The van der Waals surface area contributed by atoms with Gasteiger partial charge < -0.3 is 19.5 Å². The van der Waals surface area contributed by atoms with Gasteiger partial charge >= 0.3 is 5.97 Å². The highest BCUT2D eigenvalue weighted by Crippen LogP contribution is 2.34. The topological polar surface area (TPSA) is 63.6 Å². The van der Waals surface area contributed by atoms with Crippen LogP contribution in [0.1, 0.15) is 29.8 Å². The summed E-state index contributed by atoms with van der Waals surface area (Å²) in [4.78, 5) is 28.7. The fourth-order valence-corrected chi connectivity index (χ4v) is 4.75. The van der Waals surface area contributed by atoms with Crippen LogP contribution in [0.15, 0.2) is 40.5 Å². The quantitative estimate of drug-likeness (QED) is 0.631. The van der Waals surface area contributed by atoms with Gasteiger partial charge in [-0.15, -0.1) is 11.3 Å². The molecular weight excluding hydrogens is 405 g/mol. The third-order valence-electron chi connectivity index (χ3n) is 5.06. The number of halogens is 1. The molecule has 0 aliphatic carbocycles. The number of carbonyl (C=O) groups excluding carboxylic acids is 1. The highest BCUT2D eigenvalue weighted by atomic mass is 32.1. The number of nitrogens with zero attached hydrogens (tertiary/aromatic N) is 2. The number of hydrogen-bond donors (Lipinski definition) is 1. The summed E-state index contributed by atoms with van der Waals surface area (Å²) in [5, 5.41) is 5.21. The average molecular weight is 430 g/mol. The number of fused-ring (bicyclic) bond motifs is 1. The number of aromatic nitrogens is 1. The minimum atomic E-state index is -0.619. The lowest BCUT2D eigenvalue weighted by Gasteiger charge is -2.31. The predicted molar refractivity (Wildman–Crippen MR) is 117 cm³/mol. The van der Waals surface area contributed by atoms with Crippen molar-refractivity contribution in [2.45, 2.75) is 26.5 Å². The molecule has 0 atom stereocenters. The summed E-state index contributed by atoms with van der Waals surface area (Å²) < 4.78 is 21.6. The van der Waals surface area contributed by atoms with Gasteiger partial charge in [-0.1, -0.05) is 12.1 Å². The molecule has 30 heavy (non-hydrogen) atoms. The molecule has 1 aliphatic rings. The molecular formula is C22H24FN3O3S. The summed E-state index contributed by atoms with van der Waals surface area (Å²) in [7, 11) is 0. The second-order valence-corrected chi connectivity index (χ2v) is 8.49. The van der Waals surface area contributed by atoms with Crippen LogP contribution in [0.25, 0.3) is 10.2 Å². The van der Waals surface area contributed by atoms with Crippen LogP contribution in [-0.2, 0) is 11.3 Å². The zero-order valence-corrected chi connectivity index (χ0v) is 17.8. The minimum absolute atomic E-state index is 0.0527. The summed E-state index contributed by atoms with van der Waals surface area (Å²) >= 11 is 1.49. The Labute approximate surface area is 177 Å². The molecule has 1 fully saturated rings. The number of hydrogen-bond acceptors (Lipinski definition) is 6. The molecule has 1 N–H and O–H groups in total. The summed E-state index contributed by atoms with van der Waals surface area (Å²) in [6.45, 7) is 6.64. The van der Waals surface area contributed by atoms with Gasteiger partial charge in [-0.3, -0.25) is 4.79 Å². The fourth-order valence-electron chi connectivity index (χ4n) is 3.77. The Hall–Kier alpha value is -2.71. The normalized spacial score (nSPS) is 14.5. The van der Waals surface area contributed by atoms with Gasteiger partial charge in [0.05, 0.1) is 28.6 Å². The predicted octanol–water partition coefficient (Wildman–Crippen LogP) is 3.23. The van der Waals surface area contributed by atoms with Crippen molar-refractivity contribution in [3.05, 3.63) is 63.0 Å². The average Bonchev–Trinajstić information content (AvgIpc) is 3.19. The Balaban J connectivity index is 1.93. The van der Waals surface area contributed by atoms with Gasteiger partial charge in [-0.05, 0) is 43.0 Å². The van der Waals surface area contributed by atoms with Gasteiger partial charge in [0.15, 0.2) is 0 Å². The summed E-state index contributed by atoms with van der Waals surface area (Å²) in [5.74, 6) is -0.981. The Morgan fingerprint density at radius 1 is 1.27 bits per heavy atom. The van der Waals surface area contributed by atoms with Gasteiger partial charge in [-0.25, -0.2) is 9.18 Å². The lowest BCUT2D eigenvalue weighted by molar-refractivity contribution is 0.0376. The molecule has 1 aromatic carbocycles. The van der Waals surface area contributed by atoms with Crippen LogP contribution in [0.2, 0.25) is 0 Å². The van der Waals surface area contributed by atoms with E-state index in [0.717, 1.165) is 23.3 Å². The van der Waals surface area contributed by atoms with Gasteiger partial charge in [0.1, 0.15) is 11.4 Å². The number of anilines is 1. The lowest BCUT2D eigenvalue weighted by atomic mass is 10.1. The Bertz CT molecular complexity index is 1130. The van der Waals surface area contributed by atoms with E-state index in [1.54, 1.807) is 30.5 Å². The molecule has 6 nitrogen and oxygen atoms in total. The van der Waals surface area contributed by atoms with Crippen LogP contribution >= 0.6 is 11.3 Å². The largest absolute Gasteiger partial charge is 0.459 e. The molecule has 0 amide bonds. The maximum Gasteiger partial charge on any atom is 0.346 e. The van der Waals surface area contributed by atoms with Crippen molar-refractivity contribution in [2.75, 3.05) is 31.1 Å². The molecule has 0 saturated carbocycles. The molecule has 3 heterocycles. The Morgan fingerprint density at radius 2 is 2.03 bits per heavy atom. The number of ether oxygens (including phenoxy) is 1. The molecule has 158 valence electrons. The zero-order valence-electron chi connectivity index (χ0n) is 17.0. The second kappa shape index (κ2) is 8.57. The monoisotopic (exact) mass is 429 g/mol. The van der Waals surface area contributed by atoms with Crippen LogP contribution in [-0.4, -0.2) is 42.8 Å². The van der Waals surface area contributed by atoms with Crippen molar-refractivity contribution in [3.8, 4) is 0 Å². The fraction of sp³-hybridized carbons (Fsp3) is 0.364. The number of nitrogens with one attached hydrogen (secondary N) is 1. The Kier molecular flexibility index (Phi) is 5.87. The first kappa shape index (κ1) is 20.6. The van der Waals surface area contributed by atoms with E-state index in [4.69, 9.17) is 4.74 Å². The molecule has 0 bridgehead atoms. The van der Waals surface area contributed by atoms with Crippen molar-refractivity contribution in [2.24, 2.45) is 0 Å². The number of benzene rings is 1. The van der Waals surface area contributed by atoms with Crippen molar-refractivity contribution in [3.63, 3.8) is 0 Å². The van der Waals surface area contributed by atoms with E-state index in [-0.39, 0.29) is 24.0 Å². The van der Waals surface area contributed by atoms with E-state index < -0.39 is 11.5 Å². The SMILES string of the molecule is CC(C)OC(=O)c1c(N2CCNCC2)c2sccc2n(Cc2cccc(F)c2)c1=O. The van der Waals surface area contributed by atoms with Crippen molar-refractivity contribution >= 4 is 33.2 Å². The number of rotatable bonds is 5. The van der Waals surface area contributed by atoms with E-state index in [2.05, 4.69) is 10.2 Å². The van der Waals surface area contributed by atoms with Crippen molar-refractivity contribution < 1.29 is 13.9 Å². The molecule has 2 aromatic heterocycles. The third kappa shape index (κ3) is 3.97. The molecule has 1 saturated heterocycles. The van der Waals surface area contributed by atoms with E-state index >= 15 is 0 Å². The molecule has 0 unspecified atom stereocenters. The molecule has 0 spiro atoms. The number of thiophene rings is 1. The maximum atomic E-state index is 13.7. The molecule has 0 radical (unpaired) electrons. The first-order chi connectivity index (χ1) is 14.5. The number of esters is 1. The number of pyridine rings is 1. The van der Waals surface area contributed by atoms with Crippen molar-refractivity contribution in [1.82, 2.24) is 9.88 Å². The van der Waals surface area contributed by atoms with E-state index in [0.29, 0.717) is 24.3 Å². The van der Waals surface area contributed by atoms with E-state index in [9.17, 15) is 14.0 Å². The number of carbonyl (C=O) groups is 1. The lowest BCUT2D eigenvalue weighted by Crippen LogP contribution is -2.45. The minimum Gasteiger partial charge on any atom is -0.459 e. The van der Waals surface area contributed by atoms with Gasteiger partial charge in [0.2, 0.25) is 0 Å². The van der Waals surface area contributed by atoms with Crippen molar-refractivity contribution in [1.29, 1.82) is 0 Å². The first-order valence-electron chi connectivity index (χ1n) is 10.0. The van der Waals surface area contributed by atoms with Crippen LogP contribution in [0.5, 0.6) is 0 Å². The van der Waals surface area contributed by atoms with E-state index in [1.165, 1.54) is 23.5 Å².